The number of allylic oxidation sites excluding steroid dienone is 2. The number of esters is 1. The van der Waals surface area contributed by atoms with Gasteiger partial charge in [-0.3, -0.25) is 9.59 Å². The predicted molar refractivity (Wildman–Crippen MR) is 157 cm³/mol. The fourth-order valence-electron chi connectivity index (χ4n) is 5.00. The normalized spacial score (nSPS) is 16.9. The first-order valence-electron chi connectivity index (χ1n) is 14.8. The van der Waals surface area contributed by atoms with Gasteiger partial charge < -0.3 is 9.15 Å². The minimum Gasteiger partial charge on any atom is -0.460 e. The number of Topliss-reactive ketones (excluding diaryl/α,β-unsaturated/α-hetero) is 1. The largest absolute Gasteiger partial charge is 0.460 e. The lowest BCUT2D eigenvalue weighted by Crippen LogP contribution is -2.27. The van der Waals surface area contributed by atoms with Crippen LogP contribution in [0, 0.1) is 24.7 Å². The van der Waals surface area contributed by atoms with Crippen molar-refractivity contribution in [3.8, 4) is 0 Å². The molecule has 0 amide bonds. The zero-order valence-corrected chi connectivity index (χ0v) is 25.6. The Bertz CT molecular complexity index is 966. The lowest BCUT2D eigenvalue weighted by atomic mass is 9.73. The molecule has 38 heavy (non-hydrogen) atoms. The first-order chi connectivity index (χ1) is 17.7. The molecule has 1 aliphatic rings. The number of ether oxygens (including phenoxy) is 1. The van der Waals surface area contributed by atoms with Crippen LogP contribution < -0.4 is 0 Å². The van der Waals surface area contributed by atoms with Crippen LogP contribution in [0.4, 0.5) is 5.88 Å². The second kappa shape index (κ2) is 14.3. The van der Waals surface area contributed by atoms with Crippen LogP contribution in [0.15, 0.2) is 27.1 Å². The van der Waals surface area contributed by atoms with Gasteiger partial charge in [-0.05, 0) is 70.8 Å². The summed E-state index contributed by atoms with van der Waals surface area (Å²) in [6.45, 7) is 18.3. The van der Waals surface area contributed by atoms with Crippen LogP contribution in [0.3, 0.4) is 0 Å². The van der Waals surface area contributed by atoms with E-state index in [4.69, 9.17) is 9.15 Å². The van der Waals surface area contributed by atoms with Crippen molar-refractivity contribution in [2.45, 2.75) is 138 Å². The Balaban J connectivity index is 1.92. The van der Waals surface area contributed by atoms with Crippen molar-refractivity contribution < 1.29 is 18.7 Å². The van der Waals surface area contributed by atoms with E-state index in [0.717, 1.165) is 42.9 Å². The molecule has 2 rings (SSSR count). The van der Waals surface area contributed by atoms with Crippen molar-refractivity contribution in [3.05, 3.63) is 29.0 Å². The Morgan fingerprint density at radius 1 is 1.16 bits per heavy atom. The molecule has 5 heteroatoms. The van der Waals surface area contributed by atoms with Crippen molar-refractivity contribution in [3.63, 3.8) is 0 Å². The highest BCUT2D eigenvalue weighted by molar-refractivity contribution is 6.13. The van der Waals surface area contributed by atoms with Gasteiger partial charge in [0.2, 0.25) is 5.88 Å². The first kappa shape index (κ1) is 32.0. The molecule has 1 aromatic rings. The minimum atomic E-state index is -0.446. The molecule has 5 nitrogen and oxygen atoms in total. The molecule has 1 fully saturated rings. The van der Waals surface area contributed by atoms with Gasteiger partial charge in [0.05, 0.1) is 0 Å². The molecule has 0 bridgehead atoms. The number of furan rings is 1. The summed E-state index contributed by atoms with van der Waals surface area (Å²) >= 11 is 0. The third-order valence-corrected chi connectivity index (χ3v) is 7.50. The van der Waals surface area contributed by atoms with Gasteiger partial charge in [-0.25, -0.2) is 4.99 Å². The number of aryl methyl sites for hydroxylation is 1. The maximum atomic E-state index is 13.0. The van der Waals surface area contributed by atoms with Crippen LogP contribution in [0.5, 0.6) is 0 Å². The van der Waals surface area contributed by atoms with Gasteiger partial charge >= 0.3 is 5.97 Å². The van der Waals surface area contributed by atoms with Crippen LogP contribution in [0.25, 0.3) is 0 Å². The summed E-state index contributed by atoms with van der Waals surface area (Å²) in [5.41, 5.74) is 1.10. The van der Waals surface area contributed by atoms with Gasteiger partial charge in [0.1, 0.15) is 11.4 Å². The molecular formula is C33H53NO4. The molecule has 1 aromatic heterocycles. The number of carbonyl (C=O) groups excluding carboxylic acids is 2. The summed E-state index contributed by atoms with van der Waals surface area (Å²) in [7, 11) is 0. The van der Waals surface area contributed by atoms with Crippen LogP contribution in [-0.4, -0.2) is 23.6 Å². The SMILES string of the molecule is CC/C=C(/C=N\c1oc(C(C)(C)C)cc1C)C(=O)CCCCC(CC1CCC1)C(C)CC(=O)OC(C)(C)C. The van der Waals surface area contributed by atoms with Crippen molar-refractivity contribution >= 4 is 23.9 Å². The van der Waals surface area contributed by atoms with Gasteiger partial charge in [0.25, 0.3) is 0 Å². The second-order valence-corrected chi connectivity index (χ2v) is 13.4. The third kappa shape index (κ3) is 10.9. The number of rotatable bonds is 14. The van der Waals surface area contributed by atoms with Crippen LogP contribution >= 0.6 is 0 Å². The Hall–Kier alpha value is -2.17. The molecule has 0 aliphatic heterocycles. The summed E-state index contributed by atoms with van der Waals surface area (Å²) < 4.78 is 11.5. The molecule has 0 radical (unpaired) electrons. The zero-order valence-electron chi connectivity index (χ0n) is 25.6. The van der Waals surface area contributed by atoms with Gasteiger partial charge in [-0.15, -0.1) is 0 Å². The van der Waals surface area contributed by atoms with Crippen molar-refractivity contribution in [1.29, 1.82) is 0 Å². The van der Waals surface area contributed by atoms with E-state index in [2.05, 4.69) is 32.7 Å². The Kier molecular flexibility index (Phi) is 12.0. The van der Waals surface area contributed by atoms with Gasteiger partial charge in [0, 0.05) is 35.6 Å². The molecule has 1 saturated carbocycles. The number of hydrogen-bond acceptors (Lipinski definition) is 5. The highest BCUT2D eigenvalue weighted by Gasteiger charge is 2.28. The Labute approximate surface area is 231 Å². The molecule has 0 saturated heterocycles. The highest BCUT2D eigenvalue weighted by Crippen LogP contribution is 2.38. The molecule has 2 unspecified atom stereocenters. The monoisotopic (exact) mass is 527 g/mol. The average Bonchev–Trinajstić information content (AvgIpc) is 3.14. The van der Waals surface area contributed by atoms with E-state index in [1.165, 1.54) is 25.7 Å². The number of nitrogens with zero attached hydrogens (tertiary/aromatic N) is 1. The number of unbranched alkanes of at least 4 members (excludes halogenated alkanes) is 1. The van der Waals surface area contributed by atoms with E-state index in [1.54, 1.807) is 6.21 Å². The first-order valence-corrected chi connectivity index (χ1v) is 14.8. The smallest absolute Gasteiger partial charge is 0.306 e. The Morgan fingerprint density at radius 3 is 2.37 bits per heavy atom. The van der Waals surface area contributed by atoms with E-state index >= 15 is 0 Å². The minimum absolute atomic E-state index is 0.0860. The number of ketones is 1. The maximum absolute atomic E-state index is 13.0. The predicted octanol–water partition coefficient (Wildman–Crippen LogP) is 9.23. The van der Waals surface area contributed by atoms with E-state index in [1.807, 2.05) is 46.8 Å². The van der Waals surface area contributed by atoms with Crippen molar-refractivity contribution in [1.82, 2.24) is 0 Å². The van der Waals surface area contributed by atoms with Gasteiger partial charge in [-0.2, -0.15) is 0 Å². The highest BCUT2D eigenvalue weighted by atomic mass is 16.6. The maximum Gasteiger partial charge on any atom is 0.306 e. The average molecular weight is 528 g/mol. The fourth-order valence-corrected chi connectivity index (χ4v) is 5.00. The molecule has 214 valence electrons. The lowest BCUT2D eigenvalue weighted by molar-refractivity contribution is -0.156. The molecule has 0 N–H and O–H groups in total. The zero-order chi connectivity index (χ0) is 28.5. The van der Waals surface area contributed by atoms with Crippen LogP contribution in [0.2, 0.25) is 0 Å². The van der Waals surface area contributed by atoms with Gasteiger partial charge in [-0.1, -0.05) is 72.8 Å². The third-order valence-electron chi connectivity index (χ3n) is 7.50. The summed E-state index contributed by atoms with van der Waals surface area (Å²) in [5.74, 6) is 3.07. The molecule has 1 aliphatic carbocycles. The van der Waals surface area contributed by atoms with E-state index < -0.39 is 5.60 Å². The topological polar surface area (TPSA) is 68.9 Å². The van der Waals surface area contributed by atoms with E-state index in [0.29, 0.717) is 36.1 Å². The van der Waals surface area contributed by atoms with Crippen molar-refractivity contribution in [2.24, 2.45) is 22.7 Å². The summed E-state index contributed by atoms with van der Waals surface area (Å²) in [6, 6.07) is 2.03. The van der Waals surface area contributed by atoms with Gasteiger partial charge in [0.15, 0.2) is 5.78 Å². The number of carbonyl (C=O) groups is 2. The summed E-state index contributed by atoms with van der Waals surface area (Å²) in [4.78, 5) is 30.0. The fraction of sp³-hybridized carbons (Fsp3) is 0.727. The molecule has 2 atom stereocenters. The second-order valence-electron chi connectivity index (χ2n) is 13.4. The standard InChI is InChI=1S/C33H53NO4/c1-10-14-27(22-34-31-24(3)19-29(37-31)32(4,5)6)28(35)18-12-11-17-26(21-25-15-13-16-25)23(2)20-30(36)38-33(7,8)9/h14,19,22-23,25-26H,10-13,15-18,20-21H2,1-9H3/b27-14-,34-22-. The lowest BCUT2D eigenvalue weighted by Gasteiger charge is -2.33. The molecule has 1 heterocycles. The van der Waals surface area contributed by atoms with E-state index in [9.17, 15) is 9.59 Å². The van der Waals surface area contributed by atoms with Crippen LogP contribution in [-0.2, 0) is 19.7 Å². The van der Waals surface area contributed by atoms with Crippen molar-refractivity contribution in [2.75, 3.05) is 0 Å². The molecule has 0 spiro atoms. The summed E-state index contributed by atoms with van der Waals surface area (Å²) in [5, 5.41) is 0. The molecular weight excluding hydrogens is 474 g/mol. The van der Waals surface area contributed by atoms with Crippen LogP contribution in [0.1, 0.15) is 131 Å². The van der Waals surface area contributed by atoms with E-state index in [-0.39, 0.29) is 17.2 Å². The molecule has 0 aromatic carbocycles. The number of hydrogen-bond donors (Lipinski definition) is 0. The number of aliphatic imine (C=N–C) groups is 1. The summed E-state index contributed by atoms with van der Waals surface area (Å²) in [6.07, 6.45) is 13.4. The Morgan fingerprint density at radius 2 is 1.84 bits per heavy atom. The quantitative estimate of drug-likeness (QED) is 0.105.